The standard InChI is InChI=1S/C24H30N8O3/c1-14(2)24(5,16-7-8-18(26-10-16)17-11-27-22(25)30-20(17)34-6)21-29-19(35-31-21)15-9-28-32(12-15)13-23(3,4)33/h7-12,14,33H,13H2,1-6H3,(H2,25,27,30)/t24-/m1/s1. The van der Waals surface area contributed by atoms with Gasteiger partial charge < -0.3 is 20.1 Å². The third-order valence-corrected chi connectivity index (χ3v) is 6.08. The number of aromatic nitrogens is 7. The van der Waals surface area contributed by atoms with E-state index in [1.54, 1.807) is 43.3 Å². The summed E-state index contributed by atoms with van der Waals surface area (Å²) in [7, 11) is 1.53. The Balaban J connectivity index is 1.65. The summed E-state index contributed by atoms with van der Waals surface area (Å²) in [6.07, 6.45) is 6.81. The Bertz CT molecular complexity index is 1310. The molecule has 4 rings (SSSR count). The Morgan fingerprint density at radius 2 is 1.89 bits per heavy atom. The van der Waals surface area contributed by atoms with Gasteiger partial charge in [-0.1, -0.05) is 25.1 Å². The summed E-state index contributed by atoms with van der Waals surface area (Å²) in [5, 5.41) is 18.6. The van der Waals surface area contributed by atoms with Gasteiger partial charge in [0.15, 0.2) is 5.82 Å². The number of ether oxygens (including phenoxy) is 1. The van der Waals surface area contributed by atoms with E-state index in [4.69, 9.17) is 20.0 Å². The van der Waals surface area contributed by atoms with Gasteiger partial charge >= 0.3 is 0 Å². The Kier molecular flexibility index (Phi) is 6.28. The first-order chi connectivity index (χ1) is 16.5. The fourth-order valence-corrected chi connectivity index (χ4v) is 3.80. The Morgan fingerprint density at radius 1 is 1.11 bits per heavy atom. The first-order valence-corrected chi connectivity index (χ1v) is 11.2. The maximum Gasteiger partial charge on any atom is 0.261 e. The molecule has 0 aliphatic carbocycles. The van der Waals surface area contributed by atoms with Crippen molar-refractivity contribution in [2.24, 2.45) is 5.92 Å². The van der Waals surface area contributed by atoms with E-state index in [0.29, 0.717) is 41.0 Å². The van der Waals surface area contributed by atoms with Crippen molar-refractivity contribution in [2.45, 2.75) is 52.2 Å². The average molecular weight is 479 g/mol. The van der Waals surface area contributed by atoms with Crippen molar-refractivity contribution in [3.63, 3.8) is 0 Å². The van der Waals surface area contributed by atoms with Crippen LogP contribution in [0.3, 0.4) is 0 Å². The quantitative estimate of drug-likeness (QED) is 0.386. The van der Waals surface area contributed by atoms with Gasteiger partial charge in [-0.15, -0.1) is 0 Å². The molecular weight excluding hydrogens is 448 g/mol. The first kappa shape index (κ1) is 24.3. The molecule has 0 aliphatic rings. The lowest BCUT2D eigenvalue weighted by molar-refractivity contribution is 0.0577. The summed E-state index contributed by atoms with van der Waals surface area (Å²) in [4.78, 5) is 17.5. The molecule has 0 fully saturated rings. The molecule has 0 bridgehead atoms. The van der Waals surface area contributed by atoms with E-state index in [2.05, 4.69) is 46.0 Å². The van der Waals surface area contributed by atoms with Crippen LogP contribution < -0.4 is 10.5 Å². The van der Waals surface area contributed by atoms with Crippen LogP contribution in [0.2, 0.25) is 0 Å². The van der Waals surface area contributed by atoms with Gasteiger partial charge in [-0.2, -0.15) is 15.1 Å². The van der Waals surface area contributed by atoms with Crippen LogP contribution in [0, 0.1) is 5.92 Å². The van der Waals surface area contributed by atoms with Crippen LogP contribution in [0.1, 0.15) is 46.0 Å². The Morgan fingerprint density at radius 3 is 2.51 bits per heavy atom. The lowest BCUT2D eigenvalue weighted by Gasteiger charge is -2.30. The second kappa shape index (κ2) is 9.06. The van der Waals surface area contributed by atoms with Gasteiger partial charge in [-0.25, -0.2) is 4.98 Å². The number of nitrogens with zero attached hydrogens (tertiary/aromatic N) is 7. The highest BCUT2D eigenvalue weighted by molar-refractivity contribution is 5.65. The minimum Gasteiger partial charge on any atom is -0.480 e. The van der Waals surface area contributed by atoms with E-state index in [9.17, 15) is 5.11 Å². The molecule has 0 saturated carbocycles. The highest BCUT2D eigenvalue weighted by atomic mass is 16.5. The smallest absolute Gasteiger partial charge is 0.261 e. The highest BCUT2D eigenvalue weighted by Gasteiger charge is 2.38. The fraction of sp³-hybridized carbons (Fsp3) is 0.417. The van der Waals surface area contributed by atoms with E-state index < -0.39 is 11.0 Å². The summed E-state index contributed by atoms with van der Waals surface area (Å²) in [5.74, 6) is 1.53. The molecule has 4 aromatic rings. The zero-order chi connectivity index (χ0) is 25.4. The van der Waals surface area contributed by atoms with E-state index in [0.717, 1.165) is 5.56 Å². The lowest BCUT2D eigenvalue weighted by Crippen LogP contribution is -2.31. The molecular formula is C24H30N8O3. The molecule has 0 amide bonds. The molecule has 0 spiro atoms. The topological polar surface area (TPSA) is 151 Å². The molecule has 4 heterocycles. The minimum absolute atomic E-state index is 0.132. The zero-order valence-electron chi connectivity index (χ0n) is 20.7. The number of aliphatic hydroxyl groups is 1. The summed E-state index contributed by atoms with van der Waals surface area (Å²) >= 11 is 0. The number of methoxy groups -OCH3 is 1. The average Bonchev–Trinajstić information content (AvgIpc) is 3.47. The summed E-state index contributed by atoms with van der Waals surface area (Å²) in [5.41, 5.74) is 7.12. The maximum absolute atomic E-state index is 10.0. The van der Waals surface area contributed by atoms with Crippen LogP contribution >= 0.6 is 0 Å². The van der Waals surface area contributed by atoms with Gasteiger partial charge in [0.1, 0.15) is 0 Å². The van der Waals surface area contributed by atoms with Gasteiger partial charge in [0.25, 0.3) is 5.89 Å². The monoisotopic (exact) mass is 478 g/mol. The molecule has 4 aromatic heterocycles. The van der Waals surface area contributed by atoms with Crippen molar-refractivity contribution in [1.82, 2.24) is 34.9 Å². The fourth-order valence-electron chi connectivity index (χ4n) is 3.80. The molecule has 1 atom stereocenters. The Labute approximate surface area is 203 Å². The number of anilines is 1. The number of hydrogen-bond donors (Lipinski definition) is 2. The molecule has 35 heavy (non-hydrogen) atoms. The third kappa shape index (κ3) is 4.85. The Hall–Kier alpha value is -3.86. The molecule has 184 valence electrons. The summed E-state index contributed by atoms with van der Waals surface area (Å²) < 4.78 is 12.6. The molecule has 11 nitrogen and oxygen atoms in total. The number of nitrogen functional groups attached to an aromatic ring is 1. The van der Waals surface area contributed by atoms with Crippen molar-refractivity contribution in [1.29, 1.82) is 0 Å². The SMILES string of the molecule is COc1nc(N)ncc1-c1ccc([C@](C)(c2noc(-c3cnn(CC(C)(C)O)c3)n2)C(C)C)cn1. The minimum atomic E-state index is -0.888. The normalized spacial score (nSPS) is 13.7. The molecule has 0 radical (unpaired) electrons. The molecule has 0 unspecified atom stereocenters. The van der Waals surface area contributed by atoms with Crippen LogP contribution in [0.15, 0.2) is 41.4 Å². The zero-order valence-corrected chi connectivity index (χ0v) is 20.7. The molecule has 11 heteroatoms. The summed E-state index contributed by atoms with van der Waals surface area (Å²) in [6.45, 7) is 10.1. The summed E-state index contributed by atoms with van der Waals surface area (Å²) in [6, 6.07) is 3.87. The number of nitrogens with two attached hydrogens (primary N) is 1. The van der Waals surface area contributed by atoms with Crippen LogP contribution in [0.4, 0.5) is 5.95 Å². The van der Waals surface area contributed by atoms with E-state index in [1.807, 2.05) is 12.1 Å². The van der Waals surface area contributed by atoms with Crippen molar-refractivity contribution in [3.8, 4) is 28.6 Å². The van der Waals surface area contributed by atoms with Gasteiger partial charge in [0.05, 0.1) is 47.7 Å². The predicted molar refractivity (Wildman–Crippen MR) is 129 cm³/mol. The molecule has 3 N–H and O–H groups in total. The molecule has 0 saturated heterocycles. The van der Waals surface area contributed by atoms with E-state index in [-0.39, 0.29) is 11.9 Å². The van der Waals surface area contributed by atoms with Gasteiger partial charge in [-0.05, 0) is 38.3 Å². The van der Waals surface area contributed by atoms with Crippen molar-refractivity contribution in [3.05, 3.63) is 48.3 Å². The number of rotatable bonds is 8. The largest absolute Gasteiger partial charge is 0.480 e. The van der Waals surface area contributed by atoms with Gasteiger partial charge in [-0.3, -0.25) is 9.67 Å². The highest BCUT2D eigenvalue weighted by Crippen LogP contribution is 2.38. The molecule has 0 aromatic carbocycles. The lowest BCUT2D eigenvalue weighted by atomic mass is 9.73. The maximum atomic E-state index is 10.0. The van der Waals surface area contributed by atoms with Crippen molar-refractivity contribution < 1.29 is 14.4 Å². The van der Waals surface area contributed by atoms with E-state index >= 15 is 0 Å². The van der Waals surface area contributed by atoms with Crippen LogP contribution in [0.25, 0.3) is 22.7 Å². The second-order valence-electron chi connectivity index (χ2n) is 9.60. The second-order valence-corrected chi connectivity index (χ2v) is 9.60. The third-order valence-electron chi connectivity index (χ3n) is 6.08. The van der Waals surface area contributed by atoms with Gasteiger partial charge in [0, 0.05) is 18.6 Å². The number of pyridine rings is 1. The van der Waals surface area contributed by atoms with Crippen LogP contribution in [0.5, 0.6) is 5.88 Å². The first-order valence-electron chi connectivity index (χ1n) is 11.2. The van der Waals surface area contributed by atoms with Crippen LogP contribution in [-0.4, -0.2) is 52.7 Å². The number of hydrogen-bond acceptors (Lipinski definition) is 10. The van der Waals surface area contributed by atoms with Gasteiger partial charge in [0.2, 0.25) is 11.8 Å². The van der Waals surface area contributed by atoms with Crippen molar-refractivity contribution in [2.75, 3.05) is 12.8 Å². The van der Waals surface area contributed by atoms with E-state index in [1.165, 1.54) is 7.11 Å². The molecule has 0 aliphatic heterocycles. The predicted octanol–water partition coefficient (Wildman–Crippen LogP) is 3.11. The van der Waals surface area contributed by atoms with Crippen molar-refractivity contribution >= 4 is 5.95 Å². The van der Waals surface area contributed by atoms with Crippen LogP contribution in [-0.2, 0) is 12.0 Å².